The Morgan fingerprint density at radius 1 is 1.39 bits per heavy atom. The number of benzene rings is 1. The molecule has 0 spiro atoms. The lowest BCUT2D eigenvalue weighted by atomic mass is 10.2. The van der Waals surface area contributed by atoms with Crippen molar-refractivity contribution in [2.24, 2.45) is 0 Å². The summed E-state index contributed by atoms with van der Waals surface area (Å²) in [4.78, 5) is 12.5. The van der Waals surface area contributed by atoms with Gasteiger partial charge in [-0.2, -0.15) is 0 Å². The topological polar surface area (TPSA) is 58.6 Å². The number of methoxy groups -OCH3 is 1. The Kier molecular flexibility index (Phi) is 3.96. The molecule has 1 amide bonds. The van der Waals surface area contributed by atoms with E-state index in [1.54, 1.807) is 42.8 Å². The fourth-order valence-electron chi connectivity index (χ4n) is 1.43. The molecule has 2 N–H and O–H groups in total. The van der Waals surface area contributed by atoms with Crippen LogP contribution in [0.2, 0.25) is 0 Å². The summed E-state index contributed by atoms with van der Waals surface area (Å²) in [6, 6.07) is 8.75. The number of rotatable bonds is 4. The highest BCUT2D eigenvalue weighted by atomic mass is 32.1. The van der Waals surface area contributed by atoms with Crippen LogP contribution >= 0.6 is 11.3 Å². The Balaban J connectivity index is 2.06. The van der Waals surface area contributed by atoms with Crippen molar-refractivity contribution in [1.82, 2.24) is 0 Å². The minimum absolute atomic E-state index is 0.00362. The monoisotopic (exact) mass is 263 g/mol. The minimum Gasteiger partial charge on any atom is -0.496 e. The van der Waals surface area contributed by atoms with Gasteiger partial charge in [0.25, 0.3) is 5.91 Å². The number of hydrogen-bond acceptors (Lipinski definition) is 4. The molecule has 5 heteroatoms. The molecule has 0 fully saturated rings. The molecular formula is C13H13NO3S. The molecule has 1 heterocycles. The van der Waals surface area contributed by atoms with Crippen molar-refractivity contribution in [3.63, 3.8) is 0 Å². The second-order valence-corrected chi connectivity index (χ2v) is 4.57. The summed E-state index contributed by atoms with van der Waals surface area (Å²) in [7, 11) is 1.57. The van der Waals surface area contributed by atoms with Crippen molar-refractivity contribution >= 4 is 22.9 Å². The summed E-state index contributed by atoms with van der Waals surface area (Å²) >= 11 is 1.33. The average molecular weight is 263 g/mol. The van der Waals surface area contributed by atoms with E-state index in [-0.39, 0.29) is 12.5 Å². The van der Waals surface area contributed by atoms with Crippen molar-refractivity contribution in [3.8, 4) is 5.75 Å². The molecule has 0 saturated carbocycles. The van der Waals surface area contributed by atoms with Crippen LogP contribution in [0.15, 0.2) is 35.7 Å². The summed E-state index contributed by atoms with van der Waals surface area (Å²) in [6.07, 6.45) is 0. The summed E-state index contributed by atoms with van der Waals surface area (Å²) in [5.41, 5.74) is 1.51. The predicted molar refractivity (Wildman–Crippen MR) is 71.2 cm³/mol. The molecule has 2 aromatic rings. The summed E-state index contributed by atoms with van der Waals surface area (Å²) < 4.78 is 5.03. The number of carbonyl (C=O) groups is 1. The van der Waals surface area contributed by atoms with Crippen molar-refractivity contribution in [3.05, 3.63) is 46.2 Å². The maximum Gasteiger partial charge on any atom is 0.265 e. The van der Waals surface area contributed by atoms with Crippen LogP contribution in [-0.2, 0) is 6.61 Å². The first-order valence-corrected chi connectivity index (χ1v) is 6.24. The number of hydrogen-bond donors (Lipinski definition) is 2. The Morgan fingerprint density at radius 2 is 2.11 bits per heavy atom. The summed E-state index contributed by atoms with van der Waals surface area (Å²) in [6.45, 7) is -0.00362. The minimum atomic E-state index is -0.167. The third kappa shape index (κ3) is 2.88. The number of amides is 1. The van der Waals surface area contributed by atoms with Crippen LogP contribution in [0.4, 0.5) is 5.69 Å². The zero-order valence-electron chi connectivity index (χ0n) is 9.84. The number of ether oxygens (including phenoxy) is 1. The van der Waals surface area contributed by atoms with Gasteiger partial charge in [0, 0.05) is 17.1 Å². The third-order valence-corrected chi connectivity index (χ3v) is 3.34. The van der Waals surface area contributed by atoms with Crippen LogP contribution in [-0.4, -0.2) is 18.1 Å². The lowest BCUT2D eigenvalue weighted by Crippen LogP contribution is -2.09. The first kappa shape index (κ1) is 12.6. The molecule has 0 saturated heterocycles. The van der Waals surface area contributed by atoms with Crippen molar-refractivity contribution in [2.75, 3.05) is 12.4 Å². The highest BCUT2D eigenvalue weighted by Crippen LogP contribution is 2.22. The molecule has 94 valence electrons. The summed E-state index contributed by atoms with van der Waals surface area (Å²) in [5, 5.41) is 13.5. The van der Waals surface area contributed by atoms with Crippen LogP contribution < -0.4 is 10.1 Å². The second-order valence-electron chi connectivity index (χ2n) is 3.66. The second kappa shape index (κ2) is 5.66. The standard InChI is InChI=1S/C13H13NO3S/c1-17-11-6-12(18-8-11)13(16)14-10-4-2-9(7-15)3-5-10/h2-6,8,15H,7H2,1H3,(H,14,16). The third-order valence-electron chi connectivity index (χ3n) is 2.43. The Morgan fingerprint density at radius 3 is 2.67 bits per heavy atom. The van der Waals surface area contributed by atoms with Gasteiger partial charge in [-0.3, -0.25) is 4.79 Å². The van der Waals surface area contributed by atoms with Gasteiger partial charge in [0.15, 0.2) is 0 Å². The fourth-order valence-corrected chi connectivity index (χ4v) is 2.18. The van der Waals surface area contributed by atoms with E-state index in [4.69, 9.17) is 9.84 Å². The number of aliphatic hydroxyl groups is 1. The average Bonchev–Trinajstić information content (AvgIpc) is 2.88. The van der Waals surface area contributed by atoms with E-state index < -0.39 is 0 Å². The zero-order valence-corrected chi connectivity index (χ0v) is 10.7. The lowest BCUT2D eigenvalue weighted by molar-refractivity contribution is 0.103. The predicted octanol–water partition coefficient (Wildman–Crippen LogP) is 2.50. The summed E-state index contributed by atoms with van der Waals surface area (Å²) in [5.74, 6) is 0.515. The quantitative estimate of drug-likeness (QED) is 0.891. The first-order chi connectivity index (χ1) is 8.72. The first-order valence-electron chi connectivity index (χ1n) is 5.36. The van der Waals surface area contributed by atoms with Gasteiger partial charge < -0.3 is 15.2 Å². The number of aliphatic hydroxyl groups excluding tert-OH is 1. The van der Waals surface area contributed by atoms with Gasteiger partial charge >= 0.3 is 0 Å². The molecule has 0 atom stereocenters. The Hall–Kier alpha value is -1.85. The van der Waals surface area contributed by atoms with Gasteiger partial charge in [-0.15, -0.1) is 11.3 Å². The molecule has 0 aliphatic heterocycles. The largest absolute Gasteiger partial charge is 0.496 e. The van der Waals surface area contributed by atoms with E-state index in [0.29, 0.717) is 16.3 Å². The van der Waals surface area contributed by atoms with Crippen LogP contribution in [0.25, 0.3) is 0 Å². The highest BCUT2D eigenvalue weighted by molar-refractivity contribution is 7.12. The molecule has 18 heavy (non-hydrogen) atoms. The van der Waals surface area contributed by atoms with Gasteiger partial charge in [-0.25, -0.2) is 0 Å². The molecule has 0 aliphatic carbocycles. The highest BCUT2D eigenvalue weighted by Gasteiger charge is 2.09. The molecule has 1 aromatic carbocycles. The molecule has 0 aliphatic rings. The lowest BCUT2D eigenvalue weighted by Gasteiger charge is -2.04. The molecular weight excluding hydrogens is 250 g/mol. The van der Waals surface area contributed by atoms with Crippen molar-refractivity contribution in [2.45, 2.75) is 6.61 Å². The van der Waals surface area contributed by atoms with Gasteiger partial charge in [-0.05, 0) is 17.7 Å². The SMILES string of the molecule is COc1csc(C(=O)Nc2ccc(CO)cc2)c1. The van der Waals surface area contributed by atoms with Crippen LogP contribution in [0, 0.1) is 0 Å². The van der Waals surface area contributed by atoms with Crippen molar-refractivity contribution in [1.29, 1.82) is 0 Å². The molecule has 0 bridgehead atoms. The Labute approximate surface area is 109 Å². The van der Waals surface area contributed by atoms with Gasteiger partial charge in [0.2, 0.25) is 0 Å². The number of thiophene rings is 1. The van der Waals surface area contributed by atoms with Gasteiger partial charge in [0.1, 0.15) is 5.75 Å². The Bertz CT molecular complexity index is 533. The van der Waals surface area contributed by atoms with Crippen molar-refractivity contribution < 1.29 is 14.6 Å². The van der Waals surface area contributed by atoms with E-state index >= 15 is 0 Å². The molecule has 4 nitrogen and oxygen atoms in total. The zero-order chi connectivity index (χ0) is 13.0. The molecule has 0 radical (unpaired) electrons. The maximum atomic E-state index is 11.9. The van der Waals surface area contributed by atoms with Crippen LogP contribution in [0.3, 0.4) is 0 Å². The number of carbonyl (C=O) groups excluding carboxylic acids is 1. The molecule has 0 unspecified atom stereocenters. The van der Waals surface area contributed by atoms with E-state index in [1.165, 1.54) is 11.3 Å². The molecule has 2 rings (SSSR count). The molecule has 1 aromatic heterocycles. The number of nitrogens with one attached hydrogen (secondary N) is 1. The van der Waals surface area contributed by atoms with E-state index in [0.717, 1.165) is 5.56 Å². The van der Waals surface area contributed by atoms with Crippen LogP contribution in [0.5, 0.6) is 5.75 Å². The van der Waals surface area contributed by atoms with E-state index in [9.17, 15) is 4.79 Å². The van der Waals surface area contributed by atoms with Gasteiger partial charge in [0.05, 0.1) is 18.6 Å². The van der Waals surface area contributed by atoms with Crippen LogP contribution in [0.1, 0.15) is 15.2 Å². The van der Waals surface area contributed by atoms with E-state index in [2.05, 4.69) is 5.32 Å². The smallest absolute Gasteiger partial charge is 0.265 e. The maximum absolute atomic E-state index is 11.9. The van der Waals surface area contributed by atoms with E-state index in [1.807, 2.05) is 0 Å². The normalized spacial score (nSPS) is 10.1. The number of anilines is 1. The van der Waals surface area contributed by atoms with Gasteiger partial charge in [-0.1, -0.05) is 12.1 Å². The fraction of sp³-hybridized carbons (Fsp3) is 0.154.